The van der Waals surface area contributed by atoms with E-state index in [2.05, 4.69) is 0 Å². The van der Waals surface area contributed by atoms with Crippen molar-refractivity contribution >= 4 is 17.8 Å². The number of likely N-dealkylation sites (tertiary alicyclic amines) is 1. The molecule has 1 aliphatic rings. The maximum absolute atomic E-state index is 12.6. The van der Waals surface area contributed by atoms with Crippen LogP contribution in [0.3, 0.4) is 0 Å². The number of ether oxygens (including phenoxy) is 1. The number of carboxylic acid groups (broad SMARTS) is 1. The molecular weight excluding hydrogens is 336 g/mol. The van der Waals surface area contributed by atoms with E-state index in [1.54, 1.807) is 7.11 Å². The molecule has 0 bridgehead atoms. The Kier molecular flexibility index (Phi) is 7.00. The highest BCUT2D eigenvalue weighted by Gasteiger charge is 2.27. The van der Waals surface area contributed by atoms with E-state index in [9.17, 15) is 14.4 Å². The quantitative estimate of drug-likeness (QED) is 0.830. The van der Waals surface area contributed by atoms with E-state index in [1.807, 2.05) is 29.2 Å². The average molecular weight is 362 g/mol. The molecule has 1 unspecified atom stereocenters. The number of hydrogen-bond acceptors (Lipinski definition) is 4. The Morgan fingerprint density at radius 1 is 1.19 bits per heavy atom. The average Bonchev–Trinajstić information content (AvgIpc) is 2.86. The summed E-state index contributed by atoms with van der Waals surface area (Å²) in [5.74, 6) is -0.461. The van der Waals surface area contributed by atoms with Crippen molar-refractivity contribution in [2.75, 3.05) is 26.7 Å². The van der Waals surface area contributed by atoms with Gasteiger partial charge >= 0.3 is 5.97 Å². The van der Waals surface area contributed by atoms with Crippen LogP contribution >= 0.6 is 0 Å². The number of amides is 2. The number of rotatable bonds is 6. The highest BCUT2D eigenvalue weighted by atomic mass is 16.5. The van der Waals surface area contributed by atoms with E-state index < -0.39 is 5.97 Å². The molecule has 0 aromatic heterocycles. The van der Waals surface area contributed by atoms with Crippen molar-refractivity contribution in [2.24, 2.45) is 0 Å². The van der Waals surface area contributed by atoms with E-state index in [0.29, 0.717) is 32.4 Å². The molecule has 7 heteroatoms. The number of benzene rings is 1. The third-order valence-electron chi connectivity index (χ3n) is 4.72. The Balaban J connectivity index is 1.94. The predicted molar refractivity (Wildman–Crippen MR) is 95.9 cm³/mol. The molecule has 1 aromatic carbocycles. The SMILES string of the molecule is COc1ccc(CC(=O)N2CCCC(N(CC(=O)O)C(C)=O)CC2)cc1. The van der Waals surface area contributed by atoms with Gasteiger partial charge in [0.25, 0.3) is 0 Å². The lowest BCUT2D eigenvalue weighted by Gasteiger charge is -2.28. The Morgan fingerprint density at radius 2 is 1.88 bits per heavy atom. The second-order valence-corrected chi connectivity index (χ2v) is 6.53. The summed E-state index contributed by atoms with van der Waals surface area (Å²) >= 11 is 0. The summed E-state index contributed by atoms with van der Waals surface area (Å²) in [7, 11) is 1.60. The van der Waals surface area contributed by atoms with Crippen LogP contribution in [0.15, 0.2) is 24.3 Å². The van der Waals surface area contributed by atoms with Gasteiger partial charge in [0.15, 0.2) is 0 Å². The van der Waals surface area contributed by atoms with Gasteiger partial charge in [0.1, 0.15) is 12.3 Å². The first kappa shape index (κ1) is 19.8. The van der Waals surface area contributed by atoms with Crippen molar-refractivity contribution in [3.05, 3.63) is 29.8 Å². The fourth-order valence-electron chi connectivity index (χ4n) is 3.31. The maximum atomic E-state index is 12.6. The highest BCUT2D eigenvalue weighted by Crippen LogP contribution is 2.19. The van der Waals surface area contributed by atoms with Crippen molar-refractivity contribution in [3.8, 4) is 5.75 Å². The van der Waals surface area contributed by atoms with Crippen molar-refractivity contribution in [3.63, 3.8) is 0 Å². The summed E-state index contributed by atoms with van der Waals surface area (Å²) in [6.45, 7) is 2.26. The number of aliphatic carboxylic acids is 1. The lowest BCUT2D eigenvalue weighted by Crippen LogP contribution is -2.43. The molecule has 1 aliphatic heterocycles. The van der Waals surface area contributed by atoms with E-state index in [4.69, 9.17) is 9.84 Å². The summed E-state index contributed by atoms with van der Waals surface area (Å²) in [4.78, 5) is 38.6. The standard InChI is InChI=1S/C19H26N2O5/c1-14(22)21(13-19(24)25)16-4-3-10-20(11-9-16)18(23)12-15-5-7-17(26-2)8-6-15/h5-8,16H,3-4,9-13H2,1-2H3,(H,24,25). The molecule has 7 nitrogen and oxygen atoms in total. The molecular formula is C19H26N2O5. The third kappa shape index (κ3) is 5.47. The molecule has 0 aliphatic carbocycles. The summed E-state index contributed by atoms with van der Waals surface area (Å²) < 4.78 is 5.12. The number of methoxy groups -OCH3 is 1. The van der Waals surface area contributed by atoms with Gasteiger partial charge in [-0.25, -0.2) is 0 Å². The Labute approximate surface area is 153 Å². The van der Waals surface area contributed by atoms with E-state index in [1.165, 1.54) is 11.8 Å². The van der Waals surface area contributed by atoms with Crippen LogP contribution in [0.4, 0.5) is 0 Å². The first-order valence-corrected chi connectivity index (χ1v) is 8.80. The molecule has 1 saturated heterocycles. The Hall–Kier alpha value is -2.57. The minimum atomic E-state index is -1.02. The highest BCUT2D eigenvalue weighted by molar-refractivity contribution is 5.80. The third-order valence-corrected chi connectivity index (χ3v) is 4.72. The molecule has 0 radical (unpaired) electrons. The van der Waals surface area contributed by atoms with Gasteiger partial charge in [-0.15, -0.1) is 0 Å². The van der Waals surface area contributed by atoms with Gasteiger partial charge in [0.2, 0.25) is 11.8 Å². The minimum absolute atomic E-state index is 0.0448. The second-order valence-electron chi connectivity index (χ2n) is 6.53. The smallest absolute Gasteiger partial charge is 0.323 e. The van der Waals surface area contributed by atoms with Gasteiger partial charge < -0.3 is 19.6 Å². The fraction of sp³-hybridized carbons (Fsp3) is 0.526. The first-order valence-electron chi connectivity index (χ1n) is 8.80. The number of nitrogens with zero attached hydrogens (tertiary/aromatic N) is 2. The van der Waals surface area contributed by atoms with Crippen LogP contribution < -0.4 is 4.74 Å². The molecule has 142 valence electrons. The largest absolute Gasteiger partial charge is 0.497 e. The zero-order valence-corrected chi connectivity index (χ0v) is 15.3. The van der Waals surface area contributed by atoms with E-state index in [-0.39, 0.29) is 24.4 Å². The van der Waals surface area contributed by atoms with Crippen LogP contribution in [0.1, 0.15) is 31.7 Å². The predicted octanol–water partition coefficient (Wildman–Crippen LogP) is 1.55. The Morgan fingerprint density at radius 3 is 2.46 bits per heavy atom. The minimum Gasteiger partial charge on any atom is -0.497 e. The molecule has 2 amide bonds. The maximum Gasteiger partial charge on any atom is 0.323 e. The summed E-state index contributed by atoms with van der Waals surface area (Å²) in [6.07, 6.45) is 2.38. The van der Waals surface area contributed by atoms with Crippen molar-refractivity contribution in [2.45, 2.75) is 38.6 Å². The van der Waals surface area contributed by atoms with Crippen LogP contribution in [0.5, 0.6) is 5.75 Å². The van der Waals surface area contributed by atoms with Crippen molar-refractivity contribution in [1.82, 2.24) is 9.80 Å². The van der Waals surface area contributed by atoms with Crippen molar-refractivity contribution < 1.29 is 24.2 Å². The lowest BCUT2D eigenvalue weighted by atomic mass is 10.1. The molecule has 0 spiro atoms. The number of carbonyl (C=O) groups excluding carboxylic acids is 2. The fourth-order valence-corrected chi connectivity index (χ4v) is 3.31. The number of carbonyl (C=O) groups is 3. The summed E-state index contributed by atoms with van der Waals surface area (Å²) in [5.41, 5.74) is 0.924. The molecule has 1 heterocycles. The van der Waals surface area contributed by atoms with Crippen LogP contribution in [0, 0.1) is 0 Å². The van der Waals surface area contributed by atoms with Crippen LogP contribution in [-0.4, -0.2) is 65.5 Å². The van der Waals surface area contributed by atoms with Gasteiger partial charge in [-0.3, -0.25) is 14.4 Å². The molecule has 2 rings (SSSR count). The summed E-state index contributed by atoms with van der Waals surface area (Å²) in [6, 6.07) is 7.28. The molecule has 1 atom stereocenters. The topological polar surface area (TPSA) is 87.2 Å². The lowest BCUT2D eigenvalue weighted by molar-refractivity contribution is -0.145. The number of carboxylic acids is 1. The zero-order chi connectivity index (χ0) is 19.1. The molecule has 0 saturated carbocycles. The zero-order valence-electron chi connectivity index (χ0n) is 15.3. The first-order chi connectivity index (χ1) is 12.4. The molecule has 1 fully saturated rings. The van der Waals surface area contributed by atoms with Gasteiger partial charge in [-0.05, 0) is 37.0 Å². The van der Waals surface area contributed by atoms with Gasteiger partial charge in [0.05, 0.1) is 13.5 Å². The van der Waals surface area contributed by atoms with Gasteiger partial charge in [-0.1, -0.05) is 12.1 Å². The Bertz CT molecular complexity index is 644. The normalized spacial score (nSPS) is 17.3. The van der Waals surface area contributed by atoms with Crippen LogP contribution in [0.2, 0.25) is 0 Å². The van der Waals surface area contributed by atoms with E-state index in [0.717, 1.165) is 17.7 Å². The molecule has 1 N–H and O–H groups in total. The van der Waals surface area contributed by atoms with Gasteiger partial charge in [0, 0.05) is 26.1 Å². The van der Waals surface area contributed by atoms with Crippen LogP contribution in [0.25, 0.3) is 0 Å². The molecule has 1 aromatic rings. The van der Waals surface area contributed by atoms with Crippen molar-refractivity contribution in [1.29, 1.82) is 0 Å². The van der Waals surface area contributed by atoms with Crippen LogP contribution in [-0.2, 0) is 20.8 Å². The van der Waals surface area contributed by atoms with Gasteiger partial charge in [-0.2, -0.15) is 0 Å². The van der Waals surface area contributed by atoms with E-state index >= 15 is 0 Å². The summed E-state index contributed by atoms with van der Waals surface area (Å²) in [5, 5.41) is 9.01. The molecule has 26 heavy (non-hydrogen) atoms. The monoisotopic (exact) mass is 362 g/mol. The second kappa shape index (κ2) is 9.22. The number of hydrogen-bond donors (Lipinski definition) is 1.